The molecule has 0 fully saturated rings. The number of hydrogen-bond acceptors (Lipinski definition) is 2. The van der Waals surface area contributed by atoms with Crippen LogP contribution in [-0.2, 0) is 6.42 Å². The molecule has 0 atom stereocenters. The summed E-state index contributed by atoms with van der Waals surface area (Å²) < 4.78 is 5.68. The Bertz CT molecular complexity index is 533. The van der Waals surface area contributed by atoms with E-state index in [-0.39, 0.29) is 0 Å². The molecule has 3 nitrogen and oxygen atoms in total. The lowest BCUT2D eigenvalue weighted by Gasteiger charge is -1.90. The molecule has 2 aromatic heterocycles. The van der Waals surface area contributed by atoms with Gasteiger partial charge in [-0.15, -0.1) is 0 Å². The molecule has 0 saturated carbocycles. The second-order valence-electron chi connectivity index (χ2n) is 3.46. The highest BCUT2D eigenvalue weighted by atomic mass is 16.3. The van der Waals surface area contributed by atoms with E-state index in [2.05, 4.69) is 16.0 Å². The van der Waals surface area contributed by atoms with Crippen LogP contribution in [0.3, 0.4) is 0 Å². The molecule has 0 aliphatic carbocycles. The normalized spacial score (nSPS) is 10.9. The lowest BCUT2D eigenvalue weighted by Crippen LogP contribution is -1.87. The number of para-hydroxylation sites is 1. The number of nitrogens with one attached hydrogen (secondary N) is 1. The van der Waals surface area contributed by atoms with Gasteiger partial charge in [-0.1, -0.05) is 18.2 Å². The van der Waals surface area contributed by atoms with Crippen LogP contribution in [0.1, 0.15) is 11.6 Å². The predicted molar refractivity (Wildman–Crippen MR) is 57.6 cm³/mol. The van der Waals surface area contributed by atoms with Gasteiger partial charge in [0.15, 0.2) is 0 Å². The standard InChI is InChI=1S/C12H10N2O/c1-2-4-11-9(3-1)7-10(15-11)8-12-13-5-6-14-12/h1-7H,8H2,(H,13,14). The molecule has 0 saturated heterocycles. The summed E-state index contributed by atoms with van der Waals surface area (Å²) in [6.45, 7) is 0. The number of furan rings is 1. The molecule has 0 bridgehead atoms. The summed E-state index contributed by atoms with van der Waals surface area (Å²) in [4.78, 5) is 7.22. The Hall–Kier alpha value is -2.03. The zero-order valence-corrected chi connectivity index (χ0v) is 8.10. The zero-order valence-electron chi connectivity index (χ0n) is 8.10. The van der Waals surface area contributed by atoms with Gasteiger partial charge in [-0.25, -0.2) is 4.98 Å². The van der Waals surface area contributed by atoms with Gasteiger partial charge in [0.1, 0.15) is 17.2 Å². The van der Waals surface area contributed by atoms with Gasteiger partial charge in [-0.3, -0.25) is 0 Å². The number of rotatable bonds is 2. The summed E-state index contributed by atoms with van der Waals surface area (Å²) in [5.74, 6) is 1.86. The van der Waals surface area contributed by atoms with Crippen LogP contribution in [0.5, 0.6) is 0 Å². The average molecular weight is 198 g/mol. The van der Waals surface area contributed by atoms with Gasteiger partial charge in [0.05, 0.1) is 6.42 Å². The summed E-state index contributed by atoms with van der Waals surface area (Å²) in [7, 11) is 0. The van der Waals surface area contributed by atoms with Crippen LogP contribution < -0.4 is 0 Å². The van der Waals surface area contributed by atoms with Gasteiger partial charge in [0.2, 0.25) is 0 Å². The van der Waals surface area contributed by atoms with Gasteiger partial charge < -0.3 is 9.40 Å². The van der Waals surface area contributed by atoms with Crippen LogP contribution in [0.4, 0.5) is 0 Å². The van der Waals surface area contributed by atoms with Crippen molar-refractivity contribution in [1.29, 1.82) is 0 Å². The van der Waals surface area contributed by atoms with Crippen LogP contribution in [0.25, 0.3) is 11.0 Å². The summed E-state index contributed by atoms with van der Waals surface area (Å²) in [6.07, 6.45) is 4.28. The first-order chi connectivity index (χ1) is 7.42. The molecule has 0 radical (unpaired) electrons. The van der Waals surface area contributed by atoms with E-state index in [1.165, 1.54) is 0 Å². The molecule has 0 aliphatic heterocycles. The Morgan fingerprint density at radius 1 is 1.27 bits per heavy atom. The summed E-state index contributed by atoms with van der Waals surface area (Å²) in [5, 5.41) is 1.14. The van der Waals surface area contributed by atoms with Crippen LogP contribution in [-0.4, -0.2) is 9.97 Å². The van der Waals surface area contributed by atoms with Crippen molar-refractivity contribution in [3.63, 3.8) is 0 Å². The number of H-pyrrole nitrogens is 1. The van der Waals surface area contributed by atoms with E-state index in [1.807, 2.05) is 30.5 Å². The van der Waals surface area contributed by atoms with Gasteiger partial charge in [-0.2, -0.15) is 0 Å². The van der Waals surface area contributed by atoms with Crippen molar-refractivity contribution in [3.8, 4) is 0 Å². The fourth-order valence-electron chi connectivity index (χ4n) is 1.68. The van der Waals surface area contributed by atoms with Gasteiger partial charge in [-0.05, 0) is 12.1 Å². The van der Waals surface area contributed by atoms with Crippen molar-refractivity contribution in [2.45, 2.75) is 6.42 Å². The fourth-order valence-corrected chi connectivity index (χ4v) is 1.68. The molecular formula is C12H10N2O. The first kappa shape index (κ1) is 8.29. The quantitative estimate of drug-likeness (QED) is 0.687. The van der Waals surface area contributed by atoms with Crippen molar-refractivity contribution in [3.05, 3.63) is 54.3 Å². The number of nitrogens with zero attached hydrogens (tertiary/aromatic N) is 1. The maximum absolute atomic E-state index is 5.68. The number of aromatic amines is 1. The maximum Gasteiger partial charge on any atom is 0.134 e. The average Bonchev–Trinajstić information content (AvgIpc) is 2.86. The number of hydrogen-bond donors (Lipinski definition) is 1. The molecule has 15 heavy (non-hydrogen) atoms. The van der Waals surface area contributed by atoms with E-state index < -0.39 is 0 Å². The largest absolute Gasteiger partial charge is 0.461 e. The van der Waals surface area contributed by atoms with E-state index in [0.29, 0.717) is 6.42 Å². The summed E-state index contributed by atoms with van der Waals surface area (Å²) in [5.41, 5.74) is 0.930. The van der Waals surface area contributed by atoms with E-state index in [1.54, 1.807) is 6.20 Å². The third-order valence-corrected chi connectivity index (χ3v) is 2.37. The fraction of sp³-hybridized carbons (Fsp3) is 0.0833. The minimum atomic E-state index is 0.710. The monoisotopic (exact) mass is 198 g/mol. The predicted octanol–water partition coefficient (Wildman–Crippen LogP) is 2.75. The zero-order chi connectivity index (χ0) is 10.1. The Balaban J connectivity index is 1.98. The first-order valence-corrected chi connectivity index (χ1v) is 4.87. The molecule has 3 aromatic rings. The third-order valence-electron chi connectivity index (χ3n) is 2.37. The van der Waals surface area contributed by atoms with Crippen molar-refractivity contribution >= 4 is 11.0 Å². The first-order valence-electron chi connectivity index (χ1n) is 4.87. The van der Waals surface area contributed by atoms with Crippen LogP contribution >= 0.6 is 0 Å². The maximum atomic E-state index is 5.68. The molecule has 0 aliphatic rings. The minimum absolute atomic E-state index is 0.710. The second-order valence-corrected chi connectivity index (χ2v) is 3.46. The van der Waals surface area contributed by atoms with Gasteiger partial charge >= 0.3 is 0 Å². The Morgan fingerprint density at radius 2 is 2.20 bits per heavy atom. The second kappa shape index (κ2) is 3.28. The smallest absolute Gasteiger partial charge is 0.134 e. The molecule has 3 rings (SSSR count). The SMILES string of the molecule is c1ccc2oc(Cc3ncc[nH]3)cc2c1. The summed E-state index contributed by atoms with van der Waals surface area (Å²) in [6, 6.07) is 10.1. The Morgan fingerprint density at radius 3 is 3.00 bits per heavy atom. The van der Waals surface area contributed by atoms with Gasteiger partial charge in [0, 0.05) is 17.8 Å². The van der Waals surface area contributed by atoms with E-state index in [0.717, 1.165) is 22.6 Å². The van der Waals surface area contributed by atoms with Crippen molar-refractivity contribution in [2.24, 2.45) is 0 Å². The molecule has 1 N–H and O–H groups in total. The summed E-state index contributed by atoms with van der Waals surface area (Å²) >= 11 is 0. The topological polar surface area (TPSA) is 41.8 Å². The van der Waals surface area contributed by atoms with Crippen molar-refractivity contribution in [1.82, 2.24) is 9.97 Å². The van der Waals surface area contributed by atoms with Crippen LogP contribution in [0.15, 0.2) is 47.1 Å². The number of aromatic nitrogens is 2. The van der Waals surface area contributed by atoms with Crippen molar-refractivity contribution < 1.29 is 4.42 Å². The molecule has 1 aromatic carbocycles. The van der Waals surface area contributed by atoms with E-state index in [9.17, 15) is 0 Å². The molecule has 3 heteroatoms. The molecular weight excluding hydrogens is 188 g/mol. The lowest BCUT2D eigenvalue weighted by atomic mass is 10.2. The number of benzene rings is 1. The molecule has 0 amide bonds. The van der Waals surface area contributed by atoms with E-state index >= 15 is 0 Å². The highest BCUT2D eigenvalue weighted by Crippen LogP contribution is 2.19. The lowest BCUT2D eigenvalue weighted by molar-refractivity contribution is 0.558. The van der Waals surface area contributed by atoms with E-state index in [4.69, 9.17) is 4.42 Å². The van der Waals surface area contributed by atoms with Crippen molar-refractivity contribution in [2.75, 3.05) is 0 Å². The third kappa shape index (κ3) is 1.52. The van der Waals surface area contributed by atoms with Crippen LogP contribution in [0.2, 0.25) is 0 Å². The number of fused-ring (bicyclic) bond motifs is 1. The molecule has 74 valence electrons. The highest BCUT2D eigenvalue weighted by Gasteiger charge is 2.04. The highest BCUT2D eigenvalue weighted by molar-refractivity contribution is 5.77. The number of imidazole rings is 1. The Kier molecular flexibility index (Phi) is 1.81. The Labute approximate surface area is 86.8 Å². The molecule has 0 unspecified atom stereocenters. The minimum Gasteiger partial charge on any atom is -0.461 e. The molecule has 0 spiro atoms. The molecule has 2 heterocycles. The van der Waals surface area contributed by atoms with Crippen LogP contribution in [0, 0.1) is 0 Å². The van der Waals surface area contributed by atoms with Gasteiger partial charge in [0.25, 0.3) is 0 Å².